The predicted molar refractivity (Wildman–Crippen MR) is 135 cm³/mol. The van der Waals surface area contributed by atoms with Gasteiger partial charge in [0.15, 0.2) is 0 Å². The molecule has 0 saturated carbocycles. The summed E-state index contributed by atoms with van der Waals surface area (Å²) in [4.78, 5) is 25.2. The third kappa shape index (κ3) is 4.59. The Hall–Kier alpha value is -3.85. The van der Waals surface area contributed by atoms with Crippen LogP contribution < -0.4 is 15.0 Å². The van der Waals surface area contributed by atoms with Gasteiger partial charge in [0.1, 0.15) is 10.6 Å². The van der Waals surface area contributed by atoms with E-state index in [1.807, 2.05) is 20.8 Å². The predicted octanol–water partition coefficient (Wildman–Crippen LogP) is 3.75. The van der Waals surface area contributed by atoms with Crippen molar-refractivity contribution < 1.29 is 17.9 Å². The van der Waals surface area contributed by atoms with Gasteiger partial charge in [0, 0.05) is 36.5 Å². The van der Waals surface area contributed by atoms with Crippen molar-refractivity contribution in [2.45, 2.75) is 31.1 Å². The van der Waals surface area contributed by atoms with E-state index in [9.17, 15) is 18.0 Å². The quantitative estimate of drug-likeness (QED) is 0.456. The first-order valence-electron chi connectivity index (χ1n) is 11.0. The molecule has 9 heteroatoms. The zero-order chi connectivity index (χ0) is 25.5. The maximum Gasteiger partial charge on any atom is 0.268 e. The van der Waals surface area contributed by atoms with Crippen molar-refractivity contribution in [3.05, 3.63) is 88.5 Å². The van der Waals surface area contributed by atoms with Crippen molar-refractivity contribution in [1.29, 1.82) is 0 Å². The smallest absolute Gasteiger partial charge is 0.268 e. The van der Waals surface area contributed by atoms with Crippen LogP contribution in [0.5, 0.6) is 5.75 Å². The van der Waals surface area contributed by atoms with Gasteiger partial charge in [0.25, 0.3) is 21.5 Å². The van der Waals surface area contributed by atoms with Gasteiger partial charge in [-0.05, 0) is 47.4 Å². The molecular formula is C26H27N3O5S. The Bertz CT molecular complexity index is 1610. The van der Waals surface area contributed by atoms with Gasteiger partial charge in [-0.15, -0.1) is 0 Å². The molecule has 2 heterocycles. The Balaban J connectivity index is 1.71. The molecule has 4 aromatic rings. The van der Waals surface area contributed by atoms with Gasteiger partial charge in [-0.2, -0.15) is 0 Å². The van der Waals surface area contributed by atoms with E-state index in [1.54, 1.807) is 60.4 Å². The van der Waals surface area contributed by atoms with Crippen molar-refractivity contribution in [1.82, 2.24) is 13.9 Å². The Labute approximate surface area is 203 Å². The zero-order valence-electron chi connectivity index (χ0n) is 20.2. The lowest BCUT2D eigenvalue weighted by Crippen LogP contribution is -2.31. The number of fused-ring (bicyclic) bond motifs is 1. The van der Waals surface area contributed by atoms with E-state index in [0.29, 0.717) is 11.2 Å². The van der Waals surface area contributed by atoms with Crippen molar-refractivity contribution >= 4 is 26.8 Å². The average Bonchev–Trinajstić information content (AvgIpc) is 3.13. The van der Waals surface area contributed by atoms with Gasteiger partial charge in [-0.3, -0.25) is 14.2 Å². The molecule has 4 rings (SSSR count). The number of benzene rings is 2. The van der Waals surface area contributed by atoms with Crippen LogP contribution in [0.2, 0.25) is 0 Å². The van der Waals surface area contributed by atoms with Crippen LogP contribution >= 0.6 is 0 Å². The van der Waals surface area contributed by atoms with Crippen LogP contribution in [0, 0.1) is 0 Å². The lowest BCUT2D eigenvalue weighted by atomic mass is 9.87. The normalized spacial score (nSPS) is 12.0. The molecule has 2 aromatic heterocycles. The molecule has 0 atom stereocenters. The fraction of sp³-hybridized carbons (Fsp3) is 0.231. The molecule has 2 aromatic carbocycles. The molecule has 0 fully saturated rings. The number of rotatable bonds is 5. The third-order valence-electron chi connectivity index (χ3n) is 5.86. The number of amides is 1. The lowest BCUT2D eigenvalue weighted by molar-refractivity contribution is 0.0981. The summed E-state index contributed by atoms with van der Waals surface area (Å²) in [5.41, 5.74) is 1.82. The summed E-state index contributed by atoms with van der Waals surface area (Å²) in [5.74, 6) is -0.621. The van der Waals surface area contributed by atoms with E-state index in [2.05, 4.69) is 4.72 Å². The van der Waals surface area contributed by atoms with E-state index in [0.717, 1.165) is 10.9 Å². The van der Waals surface area contributed by atoms with Crippen LogP contribution in [0.3, 0.4) is 0 Å². The molecule has 1 N–H and O–H groups in total. The number of carbonyl (C=O) groups is 1. The number of ether oxygens (including phenoxy) is 1. The number of carbonyl (C=O) groups excluding carboxylic acids is 1. The highest BCUT2D eigenvalue weighted by molar-refractivity contribution is 7.90. The average molecular weight is 494 g/mol. The molecule has 0 radical (unpaired) electrons. The molecule has 0 spiro atoms. The minimum atomic E-state index is -4.22. The Kier molecular flexibility index (Phi) is 6.06. The molecule has 35 heavy (non-hydrogen) atoms. The number of aryl methyl sites for hydroxylation is 1. The van der Waals surface area contributed by atoms with Gasteiger partial charge in [0.05, 0.1) is 18.3 Å². The molecule has 0 aliphatic heterocycles. The minimum absolute atomic E-state index is 0.105. The summed E-state index contributed by atoms with van der Waals surface area (Å²) in [6.45, 7) is 5.91. The highest BCUT2D eigenvalue weighted by Crippen LogP contribution is 2.31. The summed E-state index contributed by atoms with van der Waals surface area (Å²) in [6, 6.07) is 14.6. The first-order valence-corrected chi connectivity index (χ1v) is 12.4. The second kappa shape index (κ2) is 8.74. The van der Waals surface area contributed by atoms with Gasteiger partial charge in [-0.25, -0.2) is 13.1 Å². The van der Waals surface area contributed by atoms with E-state index in [1.165, 1.54) is 29.9 Å². The summed E-state index contributed by atoms with van der Waals surface area (Å²) in [6.07, 6.45) is 3.46. The zero-order valence-corrected chi connectivity index (χ0v) is 21.0. The lowest BCUT2D eigenvalue weighted by Gasteiger charge is -2.21. The van der Waals surface area contributed by atoms with Crippen LogP contribution in [0.1, 0.15) is 36.7 Å². The SMILES string of the molecule is COc1ccc(C(C)(C)C)cc1S(=O)(=O)NC(=O)c1ccc2c(-n3ccccc3=O)cn(C)c2c1. The van der Waals surface area contributed by atoms with Gasteiger partial charge in [-0.1, -0.05) is 32.9 Å². The Morgan fingerprint density at radius 2 is 1.77 bits per heavy atom. The minimum Gasteiger partial charge on any atom is -0.495 e. The number of aromatic nitrogens is 2. The van der Waals surface area contributed by atoms with Crippen molar-refractivity contribution in [3.8, 4) is 11.4 Å². The summed E-state index contributed by atoms with van der Waals surface area (Å²) >= 11 is 0. The molecule has 0 saturated heterocycles. The van der Waals surface area contributed by atoms with E-state index in [4.69, 9.17) is 4.74 Å². The van der Waals surface area contributed by atoms with Crippen molar-refractivity contribution in [2.24, 2.45) is 7.05 Å². The number of hydrogen-bond acceptors (Lipinski definition) is 5. The number of methoxy groups -OCH3 is 1. The van der Waals surface area contributed by atoms with Crippen LogP contribution in [-0.4, -0.2) is 30.6 Å². The molecule has 0 aliphatic carbocycles. The number of nitrogens with zero attached hydrogens (tertiary/aromatic N) is 2. The fourth-order valence-electron chi connectivity index (χ4n) is 3.91. The Morgan fingerprint density at radius 1 is 1.03 bits per heavy atom. The van der Waals surface area contributed by atoms with Gasteiger partial charge < -0.3 is 9.30 Å². The van der Waals surface area contributed by atoms with Crippen molar-refractivity contribution in [3.63, 3.8) is 0 Å². The second-order valence-corrected chi connectivity index (χ2v) is 11.0. The summed E-state index contributed by atoms with van der Waals surface area (Å²) in [7, 11) is -1.04. The summed E-state index contributed by atoms with van der Waals surface area (Å²) < 4.78 is 37.1. The fourth-order valence-corrected chi connectivity index (χ4v) is 5.08. The van der Waals surface area contributed by atoms with E-state index >= 15 is 0 Å². The number of nitrogens with one attached hydrogen (secondary N) is 1. The van der Waals surface area contributed by atoms with E-state index < -0.39 is 15.9 Å². The van der Waals surface area contributed by atoms with Crippen LogP contribution in [0.15, 0.2) is 76.7 Å². The van der Waals surface area contributed by atoms with E-state index in [-0.39, 0.29) is 27.2 Å². The molecule has 8 nitrogen and oxygen atoms in total. The Morgan fingerprint density at radius 3 is 2.43 bits per heavy atom. The van der Waals surface area contributed by atoms with Crippen molar-refractivity contribution in [2.75, 3.05) is 7.11 Å². The molecular weight excluding hydrogens is 466 g/mol. The van der Waals surface area contributed by atoms with Gasteiger partial charge >= 0.3 is 0 Å². The standard InChI is InChI=1S/C26H27N3O5S/c1-26(2,3)18-10-12-22(34-5)23(15-18)35(32,33)27-25(31)17-9-11-19-20(14-17)28(4)16-21(19)29-13-7-6-8-24(29)30/h6-16H,1-5H3,(H,27,31). The molecule has 0 aliphatic rings. The number of pyridine rings is 1. The van der Waals surface area contributed by atoms with Gasteiger partial charge in [0.2, 0.25) is 0 Å². The summed E-state index contributed by atoms with van der Waals surface area (Å²) in [5, 5.41) is 0.750. The monoisotopic (exact) mass is 493 g/mol. The molecule has 0 bridgehead atoms. The molecule has 182 valence electrons. The number of hydrogen-bond donors (Lipinski definition) is 1. The highest BCUT2D eigenvalue weighted by Gasteiger charge is 2.26. The highest BCUT2D eigenvalue weighted by atomic mass is 32.2. The maximum atomic E-state index is 13.2. The van der Waals surface area contributed by atoms with Crippen LogP contribution in [-0.2, 0) is 22.5 Å². The van der Waals surface area contributed by atoms with Crippen LogP contribution in [0.4, 0.5) is 0 Å². The first-order chi connectivity index (χ1) is 16.4. The molecule has 0 unspecified atom stereocenters. The topological polar surface area (TPSA) is 99.4 Å². The number of sulfonamides is 1. The second-order valence-electron chi connectivity index (χ2n) is 9.32. The molecule has 1 amide bonds. The first kappa shape index (κ1) is 24.3. The maximum absolute atomic E-state index is 13.2. The third-order valence-corrected chi connectivity index (χ3v) is 7.21. The van der Waals surface area contributed by atoms with Crippen LogP contribution in [0.25, 0.3) is 16.6 Å². The largest absolute Gasteiger partial charge is 0.495 e.